The van der Waals surface area contributed by atoms with Crippen LogP contribution < -0.4 is 5.32 Å². The van der Waals surface area contributed by atoms with Crippen molar-refractivity contribution < 1.29 is 5.11 Å². The molecule has 108 valence electrons. The summed E-state index contributed by atoms with van der Waals surface area (Å²) in [4.78, 5) is 2.24. The topological polar surface area (TPSA) is 35.5 Å². The Morgan fingerprint density at radius 2 is 1.89 bits per heavy atom. The van der Waals surface area contributed by atoms with Crippen molar-refractivity contribution in [1.82, 2.24) is 10.2 Å². The van der Waals surface area contributed by atoms with Gasteiger partial charge in [-0.15, -0.1) is 0 Å². The van der Waals surface area contributed by atoms with Crippen LogP contribution in [0.25, 0.3) is 0 Å². The van der Waals surface area contributed by atoms with Gasteiger partial charge in [-0.05, 0) is 52.0 Å². The van der Waals surface area contributed by atoms with Gasteiger partial charge < -0.3 is 15.3 Å². The zero-order valence-corrected chi connectivity index (χ0v) is 12.8. The normalized spacial score (nSPS) is 14.6. The third-order valence-electron chi connectivity index (χ3n) is 3.36. The highest BCUT2D eigenvalue weighted by Gasteiger charge is 2.13. The summed E-state index contributed by atoms with van der Waals surface area (Å²) in [6.07, 6.45) is 1.58. The molecule has 0 spiro atoms. The van der Waals surface area contributed by atoms with Crippen LogP contribution in [0.15, 0.2) is 24.3 Å². The van der Waals surface area contributed by atoms with Crippen LogP contribution in [0.4, 0.5) is 0 Å². The van der Waals surface area contributed by atoms with Gasteiger partial charge in [0.2, 0.25) is 0 Å². The number of aliphatic hydroxyl groups excluding tert-OH is 1. The summed E-state index contributed by atoms with van der Waals surface area (Å²) in [7, 11) is 4.05. The molecule has 1 aromatic carbocycles. The lowest BCUT2D eigenvalue weighted by atomic mass is 10.0. The second-order valence-electron chi connectivity index (χ2n) is 5.09. The van der Waals surface area contributed by atoms with E-state index in [0.29, 0.717) is 0 Å². The van der Waals surface area contributed by atoms with E-state index in [0.717, 1.165) is 36.5 Å². The minimum atomic E-state index is -0.230. The number of rotatable bonds is 8. The molecule has 0 heterocycles. The van der Waals surface area contributed by atoms with E-state index in [9.17, 15) is 5.11 Å². The first-order chi connectivity index (χ1) is 9.04. The molecule has 1 rings (SSSR count). The molecule has 2 N–H and O–H groups in total. The maximum Gasteiger partial charge on any atom is 0.0524 e. The van der Waals surface area contributed by atoms with Gasteiger partial charge in [0.25, 0.3) is 0 Å². The van der Waals surface area contributed by atoms with E-state index in [2.05, 4.69) is 23.3 Å². The van der Waals surface area contributed by atoms with Crippen molar-refractivity contribution in [3.63, 3.8) is 0 Å². The summed E-state index contributed by atoms with van der Waals surface area (Å²) < 4.78 is 0. The molecule has 3 nitrogen and oxygen atoms in total. The Labute approximate surface area is 121 Å². The highest BCUT2D eigenvalue weighted by molar-refractivity contribution is 6.31. The molecule has 0 aliphatic carbocycles. The van der Waals surface area contributed by atoms with Gasteiger partial charge >= 0.3 is 0 Å². The fourth-order valence-electron chi connectivity index (χ4n) is 2.08. The van der Waals surface area contributed by atoms with Crippen LogP contribution in [0.3, 0.4) is 0 Å². The molecular weight excluding hydrogens is 260 g/mol. The Balaban J connectivity index is 2.47. The summed E-state index contributed by atoms with van der Waals surface area (Å²) in [5.41, 5.74) is 1.15. The minimum absolute atomic E-state index is 0.230. The van der Waals surface area contributed by atoms with Crippen molar-refractivity contribution in [2.24, 2.45) is 0 Å². The predicted molar refractivity (Wildman–Crippen MR) is 81.7 cm³/mol. The molecule has 2 atom stereocenters. The van der Waals surface area contributed by atoms with E-state index in [1.165, 1.54) is 0 Å². The quantitative estimate of drug-likeness (QED) is 0.770. The van der Waals surface area contributed by atoms with Gasteiger partial charge in [-0.25, -0.2) is 0 Å². The molecular formula is C15H25ClN2O. The third kappa shape index (κ3) is 5.91. The lowest BCUT2D eigenvalue weighted by molar-refractivity contribution is 0.163. The standard InChI is InChI=1S/C15H25ClN2O/c1-12(19)8-10-18(3)11-9-15(17-2)13-6-4-5-7-14(13)16/h4-7,12,15,17,19H,8-11H2,1-3H3. The summed E-state index contributed by atoms with van der Waals surface area (Å²) in [5.74, 6) is 0. The molecule has 0 saturated carbocycles. The molecule has 2 unspecified atom stereocenters. The number of halogens is 1. The van der Waals surface area contributed by atoms with Gasteiger partial charge in [-0.2, -0.15) is 0 Å². The first kappa shape index (κ1) is 16.4. The van der Waals surface area contributed by atoms with E-state index in [4.69, 9.17) is 11.6 Å². The van der Waals surface area contributed by atoms with Crippen LogP contribution in [0.1, 0.15) is 31.4 Å². The summed E-state index contributed by atoms with van der Waals surface area (Å²) in [6.45, 7) is 3.72. The Kier molecular flexibility index (Phi) is 7.39. The van der Waals surface area contributed by atoms with E-state index < -0.39 is 0 Å². The van der Waals surface area contributed by atoms with Crippen LogP contribution in [-0.2, 0) is 0 Å². The molecule has 0 fully saturated rings. The number of aliphatic hydroxyl groups is 1. The van der Waals surface area contributed by atoms with E-state index in [-0.39, 0.29) is 12.1 Å². The van der Waals surface area contributed by atoms with E-state index >= 15 is 0 Å². The van der Waals surface area contributed by atoms with Crippen molar-refractivity contribution in [3.8, 4) is 0 Å². The van der Waals surface area contributed by atoms with Gasteiger partial charge in [0.05, 0.1) is 6.10 Å². The summed E-state index contributed by atoms with van der Waals surface area (Å²) in [6, 6.07) is 8.23. The number of hydrogen-bond donors (Lipinski definition) is 2. The predicted octanol–water partition coefficient (Wildman–Crippen LogP) is 2.69. The Morgan fingerprint density at radius 1 is 1.26 bits per heavy atom. The number of nitrogens with one attached hydrogen (secondary N) is 1. The van der Waals surface area contributed by atoms with Crippen molar-refractivity contribution in [2.45, 2.75) is 31.9 Å². The number of hydrogen-bond acceptors (Lipinski definition) is 3. The van der Waals surface area contributed by atoms with Crippen molar-refractivity contribution in [2.75, 3.05) is 27.2 Å². The second kappa shape index (κ2) is 8.54. The molecule has 0 aliphatic heterocycles. The molecule has 0 amide bonds. The zero-order chi connectivity index (χ0) is 14.3. The monoisotopic (exact) mass is 284 g/mol. The summed E-state index contributed by atoms with van der Waals surface area (Å²) >= 11 is 6.23. The second-order valence-corrected chi connectivity index (χ2v) is 5.50. The van der Waals surface area contributed by atoms with Crippen LogP contribution in [0, 0.1) is 0 Å². The van der Waals surface area contributed by atoms with Gasteiger partial charge in [0.15, 0.2) is 0 Å². The molecule has 4 heteroatoms. The SMILES string of the molecule is CNC(CCN(C)CCC(C)O)c1ccccc1Cl. The molecule has 1 aromatic rings. The lowest BCUT2D eigenvalue weighted by Crippen LogP contribution is -2.27. The van der Waals surface area contributed by atoms with Crippen molar-refractivity contribution in [1.29, 1.82) is 0 Å². The van der Waals surface area contributed by atoms with E-state index in [1.54, 1.807) is 0 Å². The highest BCUT2D eigenvalue weighted by atomic mass is 35.5. The largest absolute Gasteiger partial charge is 0.393 e. The van der Waals surface area contributed by atoms with Crippen LogP contribution in [0.5, 0.6) is 0 Å². The van der Waals surface area contributed by atoms with Crippen molar-refractivity contribution in [3.05, 3.63) is 34.9 Å². The maximum atomic E-state index is 9.28. The molecule has 0 saturated heterocycles. The Hall–Kier alpha value is -0.610. The van der Waals surface area contributed by atoms with Gasteiger partial charge in [-0.1, -0.05) is 29.8 Å². The van der Waals surface area contributed by atoms with Crippen molar-refractivity contribution >= 4 is 11.6 Å². The average Bonchev–Trinajstić information content (AvgIpc) is 2.39. The average molecular weight is 285 g/mol. The maximum absolute atomic E-state index is 9.28. The Morgan fingerprint density at radius 3 is 2.47 bits per heavy atom. The van der Waals surface area contributed by atoms with Gasteiger partial charge in [-0.3, -0.25) is 0 Å². The molecule has 0 aromatic heterocycles. The lowest BCUT2D eigenvalue weighted by Gasteiger charge is -2.22. The fourth-order valence-corrected chi connectivity index (χ4v) is 2.35. The summed E-state index contributed by atoms with van der Waals surface area (Å²) in [5, 5.41) is 13.4. The number of nitrogens with zero attached hydrogens (tertiary/aromatic N) is 1. The number of benzene rings is 1. The van der Waals surface area contributed by atoms with Crippen LogP contribution in [0.2, 0.25) is 5.02 Å². The van der Waals surface area contributed by atoms with Crippen LogP contribution in [-0.4, -0.2) is 43.3 Å². The highest BCUT2D eigenvalue weighted by Crippen LogP contribution is 2.24. The van der Waals surface area contributed by atoms with E-state index in [1.807, 2.05) is 32.2 Å². The van der Waals surface area contributed by atoms with Gasteiger partial charge in [0.1, 0.15) is 0 Å². The van der Waals surface area contributed by atoms with Gasteiger partial charge in [0, 0.05) is 17.6 Å². The zero-order valence-electron chi connectivity index (χ0n) is 12.1. The molecule has 19 heavy (non-hydrogen) atoms. The molecule has 0 bridgehead atoms. The fraction of sp³-hybridized carbons (Fsp3) is 0.600. The van der Waals surface area contributed by atoms with Crippen LogP contribution >= 0.6 is 11.6 Å². The first-order valence-corrected chi connectivity index (χ1v) is 7.20. The smallest absolute Gasteiger partial charge is 0.0524 e. The minimum Gasteiger partial charge on any atom is -0.393 e. The third-order valence-corrected chi connectivity index (χ3v) is 3.70. The molecule has 0 aliphatic rings. The Bertz CT molecular complexity index is 371. The molecule has 0 radical (unpaired) electrons. The first-order valence-electron chi connectivity index (χ1n) is 6.83.